The van der Waals surface area contributed by atoms with E-state index in [0.717, 1.165) is 24.3 Å². The highest BCUT2D eigenvalue weighted by atomic mass is 32.2. The maximum Gasteiger partial charge on any atom is 0.501 e. The van der Waals surface area contributed by atoms with Gasteiger partial charge in [-0.1, -0.05) is 0 Å². The van der Waals surface area contributed by atoms with Crippen LogP contribution in [0.4, 0.5) is 18.9 Å². The average molecular weight is 327 g/mol. The number of anilines is 1. The second-order valence-corrected chi connectivity index (χ2v) is 7.23. The van der Waals surface area contributed by atoms with E-state index in [4.69, 9.17) is 0 Å². The fourth-order valence-electron chi connectivity index (χ4n) is 1.52. The van der Waals surface area contributed by atoms with Crippen molar-refractivity contribution in [1.82, 2.24) is 0 Å². The summed E-state index contributed by atoms with van der Waals surface area (Å²) in [7, 11) is -5.27. The number of hydrogen-bond donors (Lipinski definition) is 1. The van der Waals surface area contributed by atoms with E-state index in [-0.39, 0.29) is 6.04 Å². The Morgan fingerprint density at radius 2 is 1.80 bits per heavy atom. The van der Waals surface area contributed by atoms with Crippen molar-refractivity contribution in [3.8, 4) is 0 Å². The molecule has 0 saturated heterocycles. The highest BCUT2D eigenvalue weighted by molar-refractivity contribution is 7.98. The summed E-state index contributed by atoms with van der Waals surface area (Å²) >= 11 is 1.70. The Balaban J connectivity index is 2.80. The van der Waals surface area contributed by atoms with Gasteiger partial charge in [0.15, 0.2) is 0 Å². The molecule has 3 nitrogen and oxygen atoms in total. The average Bonchev–Trinajstić information content (AvgIpc) is 2.35. The summed E-state index contributed by atoms with van der Waals surface area (Å²) in [5, 5.41) is 3.10. The maximum atomic E-state index is 12.4. The lowest BCUT2D eigenvalue weighted by Gasteiger charge is -2.15. The molecule has 0 amide bonds. The molecule has 8 heteroatoms. The first-order chi connectivity index (χ1) is 9.18. The Kier molecular flexibility index (Phi) is 5.76. The van der Waals surface area contributed by atoms with Gasteiger partial charge in [0.1, 0.15) is 0 Å². The number of benzene rings is 1. The molecule has 20 heavy (non-hydrogen) atoms. The van der Waals surface area contributed by atoms with Gasteiger partial charge in [0, 0.05) is 11.7 Å². The molecule has 1 aromatic carbocycles. The SMILES string of the molecule is CSCCC(C)Nc1ccc(S(=O)(=O)C(F)(F)F)cc1. The van der Waals surface area contributed by atoms with Crippen LogP contribution in [-0.4, -0.2) is 32.0 Å². The highest BCUT2D eigenvalue weighted by Crippen LogP contribution is 2.30. The quantitative estimate of drug-likeness (QED) is 0.868. The van der Waals surface area contributed by atoms with E-state index in [1.165, 1.54) is 12.1 Å². The van der Waals surface area contributed by atoms with Gasteiger partial charge in [-0.05, 0) is 49.6 Å². The van der Waals surface area contributed by atoms with Crippen LogP contribution in [0.25, 0.3) is 0 Å². The third kappa shape index (κ3) is 4.31. The van der Waals surface area contributed by atoms with Gasteiger partial charge in [-0.2, -0.15) is 24.9 Å². The summed E-state index contributed by atoms with van der Waals surface area (Å²) in [5.74, 6) is 0.967. The van der Waals surface area contributed by atoms with Gasteiger partial charge < -0.3 is 5.32 Å². The minimum atomic E-state index is -5.27. The van der Waals surface area contributed by atoms with Gasteiger partial charge in [0.2, 0.25) is 0 Å². The van der Waals surface area contributed by atoms with Gasteiger partial charge in [0.05, 0.1) is 4.90 Å². The summed E-state index contributed by atoms with van der Waals surface area (Å²) in [5.41, 5.74) is -4.67. The number of thioether (sulfide) groups is 1. The topological polar surface area (TPSA) is 46.2 Å². The van der Waals surface area contributed by atoms with E-state index < -0.39 is 20.2 Å². The molecule has 0 aliphatic heterocycles. The number of halogens is 3. The third-order valence-corrected chi connectivity index (χ3v) is 4.78. The van der Waals surface area contributed by atoms with Gasteiger partial charge in [0.25, 0.3) is 9.84 Å². The van der Waals surface area contributed by atoms with Gasteiger partial charge in [-0.15, -0.1) is 0 Å². The molecule has 0 spiro atoms. The van der Waals surface area contributed by atoms with Crippen LogP contribution < -0.4 is 5.32 Å². The molecule has 0 radical (unpaired) electrons. The zero-order valence-corrected chi connectivity index (χ0v) is 12.7. The number of rotatable bonds is 6. The normalized spacial score (nSPS) is 14.1. The number of alkyl halides is 3. The highest BCUT2D eigenvalue weighted by Gasteiger charge is 2.46. The molecule has 0 heterocycles. The Bertz CT molecular complexity index is 527. The van der Waals surface area contributed by atoms with Crippen molar-refractivity contribution in [1.29, 1.82) is 0 Å². The van der Waals surface area contributed by atoms with Crippen LogP contribution in [0, 0.1) is 0 Å². The molecule has 114 valence electrons. The van der Waals surface area contributed by atoms with Crippen LogP contribution in [0.2, 0.25) is 0 Å². The molecule has 1 atom stereocenters. The number of sulfone groups is 1. The molecule has 0 fully saturated rings. The van der Waals surface area contributed by atoms with Crippen LogP contribution in [0.3, 0.4) is 0 Å². The molecule has 1 aromatic rings. The number of nitrogens with one attached hydrogen (secondary N) is 1. The summed E-state index contributed by atoms with van der Waals surface area (Å²) in [6, 6.07) is 4.77. The monoisotopic (exact) mass is 327 g/mol. The minimum Gasteiger partial charge on any atom is -0.383 e. The third-order valence-electron chi connectivity index (χ3n) is 2.64. The van der Waals surface area contributed by atoms with E-state index in [2.05, 4.69) is 5.32 Å². The van der Waals surface area contributed by atoms with E-state index in [0.29, 0.717) is 5.69 Å². The van der Waals surface area contributed by atoms with Crippen LogP contribution in [0.1, 0.15) is 13.3 Å². The molecule has 1 rings (SSSR count). The van der Waals surface area contributed by atoms with Gasteiger partial charge in [-0.3, -0.25) is 0 Å². The Morgan fingerprint density at radius 3 is 2.25 bits per heavy atom. The minimum absolute atomic E-state index is 0.160. The van der Waals surface area contributed by atoms with Crippen molar-refractivity contribution in [3.63, 3.8) is 0 Å². The molecule has 0 aliphatic rings. The van der Waals surface area contributed by atoms with E-state index in [9.17, 15) is 21.6 Å². The van der Waals surface area contributed by atoms with Crippen molar-refractivity contribution in [2.45, 2.75) is 29.8 Å². The van der Waals surface area contributed by atoms with Gasteiger partial charge >= 0.3 is 5.51 Å². The van der Waals surface area contributed by atoms with Crippen molar-refractivity contribution >= 4 is 27.3 Å². The molecule has 0 bridgehead atoms. The standard InChI is InChI=1S/C12H16F3NO2S2/c1-9(7-8-19-2)16-10-3-5-11(6-4-10)20(17,18)12(13,14)15/h3-6,9,16H,7-8H2,1-2H3. The van der Waals surface area contributed by atoms with Crippen molar-refractivity contribution in [2.75, 3.05) is 17.3 Å². The Morgan fingerprint density at radius 1 is 1.25 bits per heavy atom. The zero-order chi connectivity index (χ0) is 15.4. The lowest BCUT2D eigenvalue weighted by molar-refractivity contribution is -0.0436. The summed E-state index contributed by atoms with van der Waals surface area (Å²) in [4.78, 5) is -0.743. The van der Waals surface area contributed by atoms with Crippen LogP contribution in [0.15, 0.2) is 29.2 Å². The molecule has 0 saturated carbocycles. The molecular formula is C12H16F3NO2S2. The van der Waals surface area contributed by atoms with Crippen molar-refractivity contribution in [2.24, 2.45) is 0 Å². The molecular weight excluding hydrogens is 311 g/mol. The smallest absolute Gasteiger partial charge is 0.383 e. The predicted octanol–water partition coefficient (Wildman–Crippen LogP) is 3.53. The van der Waals surface area contributed by atoms with E-state index in [1.807, 2.05) is 13.2 Å². The van der Waals surface area contributed by atoms with Crippen molar-refractivity contribution < 1.29 is 21.6 Å². The first-order valence-corrected chi connectivity index (χ1v) is 8.73. The van der Waals surface area contributed by atoms with Crippen LogP contribution in [0.5, 0.6) is 0 Å². The number of hydrogen-bond acceptors (Lipinski definition) is 4. The zero-order valence-electron chi connectivity index (χ0n) is 11.1. The first kappa shape index (κ1) is 17.2. The molecule has 1 unspecified atom stereocenters. The second-order valence-electron chi connectivity index (χ2n) is 4.30. The lowest BCUT2D eigenvalue weighted by atomic mass is 10.2. The molecule has 1 N–H and O–H groups in total. The Hall–Kier alpha value is -0.890. The summed E-state index contributed by atoms with van der Waals surface area (Å²) < 4.78 is 59.5. The summed E-state index contributed by atoms with van der Waals surface area (Å²) in [6.07, 6.45) is 2.90. The fourth-order valence-corrected chi connectivity index (χ4v) is 2.87. The molecule has 0 aromatic heterocycles. The predicted molar refractivity (Wildman–Crippen MR) is 75.8 cm³/mol. The maximum absolute atomic E-state index is 12.4. The lowest BCUT2D eigenvalue weighted by Crippen LogP contribution is -2.23. The first-order valence-electron chi connectivity index (χ1n) is 5.85. The Labute approximate surface area is 120 Å². The summed E-state index contributed by atoms with van der Waals surface area (Å²) in [6.45, 7) is 1.95. The van der Waals surface area contributed by atoms with Crippen molar-refractivity contribution in [3.05, 3.63) is 24.3 Å². The van der Waals surface area contributed by atoms with E-state index in [1.54, 1.807) is 11.8 Å². The largest absolute Gasteiger partial charge is 0.501 e. The van der Waals surface area contributed by atoms with Gasteiger partial charge in [-0.25, -0.2) is 8.42 Å². The van der Waals surface area contributed by atoms with Crippen LogP contribution in [-0.2, 0) is 9.84 Å². The second kappa shape index (κ2) is 6.71. The van der Waals surface area contributed by atoms with E-state index >= 15 is 0 Å². The fraction of sp³-hybridized carbons (Fsp3) is 0.500. The van der Waals surface area contributed by atoms with Crippen LogP contribution >= 0.6 is 11.8 Å². The molecule has 0 aliphatic carbocycles.